The number of rotatable bonds is 2. The van der Waals surface area contributed by atoms with Gasteiger partial charge in [-0.1, -0.05) is 26.8 Å². The molecule has 0 fully saturated rings. The van der Waals surface area contributed by atoms with Crippen molar-refractivity contribution in [3.63, 3.8) is 0 Å². The van der Waals surface area contributed by atoms with Crippen LogP contribution in [0.25, 0.3) is 5.52 Å². The van der Waals surface area contributed by atoms with Crippen LogP contribution in [-0.2, 0) is 0 Å². The van der Waals surface area contributed by atoms with E-state index in [1.807, 2.05) is 28.8 Å². The molecule has 0 aliphatic carbocycles. The summed E-state index contributed by atoms with van der Waals surface area (Å²) in [5, 5.41) is 2.90. The zero-order chi connectivity index (χ0) is 12.5. The molecule has 0 spiro atoms. The molecule has 90 valence electrons. The van der Waals surface area contributed by atoms with E-state index in [0.717, 1.165) is 5.52 Å². The molecule has 0 saturated heterocycles. The van der Waals surface area contributed by atoms with E-state index in [0.29, 0.717) is 12.2 Å². The van der Waals surface area contributed by atoms with Crippen molar-refractivity contribution in [3.8, 4) is 0 Å². The van der Waals surface area contributed by atoms with Gasteiger partial charge in [-0.05, 0) is 17.5 Å². The van der Waals surface area contributed by atoms with Crippen LogP contribution in [-0.4, -0.2) is 21.8 Å². The average molecular weight is 231 g/mol. The lowest BCUT2D eigenvalue weighted by Crippen LogP contribution is -2.32. The number of carbonyl (C=O) groups is 1. The number of nitrogens with zero attached hydrogens (tertiary/aromatic N) is 2. The minimum absolute atomic E-state index is 0.0746. The molecule has 0 radical (unpaired) electrons. The number of amides is 1. The first-order valence-electron chi connectivity index (χ1n) is 5.67. The maximum absolute atomic E-state index is 12.0. The number of hydrogen-bond donors (Lipinski definition) is 1. The van der Waals surface area contributed by atoms with Crippen molar-refractivity contribution in [3.05, 3.63) is 36.4 Å². The molecule has 4 nitrogen and oxygen atoms in total. The van der Waals surface area contributed by atoms with Crippen LogP contribution in [0.3, 0.4) is 0 Å². The van der Waals surface area contributed by atoms with Crippen molar-refractivity contribution in [2.75, 3.05) is 6.54 Å². The third-order valence-corrected chi connectivity index (χ3v) is 2.44. The van der Waals surface area contributed by atoms with Crippen molar-refractivity contribution < 1.29 is 4.79 Å². The van der Waals surface area contributed by atoms with Gasteiger partial charge in [-0.25, -0.2) is 4.98 Å². The Balaban J connectivity index is 2.20. The third-order valence-electron chi connectivity index (χ3n) is 2.44. The van der Waals surface area contributed by atoms with E-state index >= 15 is 0 Å². The van der Waals surface area contributed by atoms with Gasteiger partial charge in [0.15, 0.2) is 5.69 Å². The first-order valence-corrected chi connectivity index (χ1v) is 5.67. The fraction of sp³-hybridized carbons (Fsp3) is 0.385. The van der Waals surface area contributed by atoms with Gasteiger partial charge in [-0.3, -0.25) is 4.79 Å². The molecule has 0 bridgehead atoms. The second-order valence-electron chi connectivity index (χ2n) is 5.33. The van der Waals surface area contributed by atoms with Crippen LogP contribution in [0.2, 0.25) is 0 Å². The van der Waals surface area contributed by atoms with Gasteiger partial charge >= 0.3 is 0 Å². The summed E-state index contributed by atoms with van der Waals surface area (Å²) >= 11 is 0. The summed E-state index contributed by atoms with van der Waals surface area (Å²) < 4.78 is 1.84. The molecule has 1 amide bonds. The lowest BCUT2D eigenvalue weighted by Gasteiger charge is -2.18. The largest absolute Gasteiger partial charge is 0.350 e. The Bertz CT molecular complexity index is 537. The predicted molar refractivity (Wildman–Crippen MR) is 67.0 cm³/mol. The van der Waals surface area contributed by atoms with Gasteiger partial charge < -0.3 is 9.72 Å². The summed E-state index contributed by atoms with van der Waals surface area (Å²) in [4.78, 5) is 16.1. The molecule has 0 aliphatic heterocycles. The Hall–Kier alpha value is -1.84. The Morgan fingerprint density at radius 1 is 1.41 bits per heavy atom. The number of fused-ring (bicyclic) bond motifs is 1. The lowest BCUT2D eigenvalue weighted by molar-refractivity contribution is 0.0936. The normalized spacial score (nSPS) is 11.7. The van der Waals surface area contributed by atoms with Crippen molar-refractivity contribution in [2.24, 2.45) is 5.41 Å². The van der Waals surface area contributed by atoms with E-state index in [-0.39, 0.29) is 11.3 Å². The van der Waals surface area contributed by atoms with Gasteiger partial charge in [0.05, 0.1) is 5.52 Å². The van der Waals surface area contributed by atoms with E-state index in [2.05, 4.69) is 31.1 Å². The summed E-state index contributed by atoms with van der Waals surface area (Å²) in [7, 11) is 0. The van der Waals surface area contributed by atoms with Gasteiger partial charge in [-0.2, -0.15) is 0 Å². The lowest BCUT2D eigenvalue weighted by atomic mass is 9.97. The topological polar surface area (TPSA) is 46.4 Å². The first kappa shape index (κ1) is 11.6. The zero-order valence-corrected chi connectivity index (χ0v) is 10.4. The number of carbonyl (C=O) groups excluding carboxylic acids is 1. The number of hydrogen-bond acceptors (Lipinski definition) is 2. The first-order chi connectivity index (χ1) is 7.97. The maximum Gasteiger partial charge on any atom is 0.272 e. The molecule has 2 rings (SSSR count). The van der Waals surface area contributed by atoms with Gasteiger partial charge in [0, 0.05) is 12.7 Å². The Morgan fingerprint density at radius 2 is 2.18 bits per heavy atom. The fourth-order valence-electron chi connectivity index (χ4n) is 1.55. The molecule has 4 heteroatoms. The monoisotopic (exact) mass is 231 g/mol. The summed E-state index contributed by atoms with van der Waals surface area (Å²) in [6.45, 7) is 6.88. The fourth-order valence-corrected chi connectivity index (χ4v) is 1.55. The van der Waals surface area contributed by atoms with Gasteiger partial charge in [-0.15, -0.1) is 0 Å². The van der Waals surface area contributed by atoms with Crippen LogP contribution >= 0.6 is 0 Å². The highest BCUT2D eigenvalue weighted by Crippen LogP contribution is 2.12. The zero-order valence-electron chi connectivity index (χ0n) is 10.4. The molecule has 2 heterocycles. The molecule has 0 aliphatic rings. The minimum atomic E-state index is -0.117. The van der Waals surface area contributed by atoms with Crippen LogP contribution in [0.5, 0.6) is 0 Å². The molecule has 2 aromatic heterocycles. The molecule has 0 atom stereocenters. The van der Waals surface area contributed by atoms with Crippen molar-refractivity contribution in [2.45, 2.75) is 20.8 Å². The quantitative estimate of drug-likeness (QED) is 0.860. The predicted octanol–water partition coefficient (Wildman–Crippen LogP) is 2.11. The number of imidazole rings is 1. The molecule has 1 N–H and O–H groups in total. The smallest absolute Gasteiger partial charge is 0.272 e. The van der Waals surface area contributed by atoms with Crippen LogP contribution in [0.15, 0.2) is 30.7 Å². The Kier molecular flexibility index (Phi) is 2.88. The standard InChI is InChI=1S/C13H17N3O/c1-13(2,3)8-14-12(17)11-10-6-4-5-7-16(10)9-15-11/h4-7,9H,8H2,1-3H3,(H,14,17). The highest BCUT2D eigenvalue weighted by molar-refractivity contribution is 5.98. The van der Waals surface area contributed by atoms with Gasteiger partial charge in [0.25, 0.3) is 5.91 Å². The number of aromatic nitrogens is 2. The summed E-state index contributed by atoms with van der Waals surface area (Å²) in [6, 6.07) is 5.70. The van der Waals surface area contributed by atoms with Crippen molar-refractivity contribution in [1.29, 1.82) is 0 Å². The van der Waals surface area contributed by atoms with E-state index in [1.54, 1.807) is 6.33 Å². The SMILES string of the molecule is CC(C)(C)CNC(=O)c1ncn2ccccc12. The molecule has 2 aromatic rings. The number of pyridine rings is 1. The third kappa shape index (κ3) is 2.64. The Morgan fingerprint density at radius 3 is 2.88 bits per heavy atom. The van der Waals surface area contributed by atoms with Gasteiger partial charge in [0.2, 0.25) is 0 Å². The molecule has 0 unspecified atom stereocenters. The second-order valence-corrected chi connectivity index (χ2v) is 5.33. The van der Waals surface area contributed by atoms with Crippen molar-refractivity contribution >= 4 is 11.4 Å². The van der Waals surface area contributed by atoms with E-state index in [4.69, 9.17) is 0 Å². The summed E-state index contributed by atoms with van der Waals surface area (Å²) in [5.74, 6) is -0.117. The van der Waals surface area contributed by atoms with Crippen LogP contribution in [0.1, 0.15) is 31.3 Å². The highest BCUT2D eigenvalue weighted by Gasteiger charge is 2.16. The van der Waals surface area contributed by atoms with Crippen LogP contribution in [0.4, 0.5) is 0 Å². The molecule has 17 heavy (non-hydrogen) atoms. The van der Waals surface area contributed by atoms with Gasteiger partial charge in [0.1, 0.15) is 6.33 Å². The molecular weight excluding hydrogens is 214 g/mol. The minimum Gasteiger partial charge on any atom is -0.350 e. The highest BCUT2D eigenvalue weighted by atomic mass is 16.1. The second kappa shape index (κ2) is 4.20. The molecule has 0 saturated carbocycles. The molecule has 0 aromatic carbocycles. The molecular formula is C13H17N3O. The summed E-state index contributed by atoms with van der Waals surface area (Å²) in [6.07, 6.45) is 3.53. The van der Waals surface area contributed by atoms with Crippen LogP contribution in [0, 0.1) is 5.41 Å². The number of nitrogens with one attached hydrogen (secondary N) is 1. The average Bonchev–Trinajstić information content (AvgIpc) is 2.68. The van der Waals surface area contributed by atoms with E-state index in [1.165, 1.54) is 0 Å². The van der Waals surface area contributed by atoms with Crippen LogP contribution < -0.4 is 5.32 Å². The van der Waals surface area contributed by atoms with E-state index < -0.39 is 0 Å². The maximum atomic E-state index is 12.0. The Labute approximate surface area is 101 Å². The van der Waals surface area contributed by atoms with E-state index in [9.17, 15) is 4.79 Å². The summed E-state index contributed by atoms with van der Waals surface area (Å²) in [5.41, 5.74) is 1.39. The van der Waals surface area contributed by atoms with Crippen molar-refractivity contribution in [1.82, 2.24) is 14.7 Å².